The van der Waals surface area contributed by atoms with Gasteiger partial charge in [0.1, 0.15) is 6.33 Å². The highest BCUT2D eigenvalue weighted by Crippen LogP contribution is 2.29. The van der Waals surface area contributed by atoms with Crippen molar-refractivity contribution in [1.82, 2.24) is 15.2 Å². The summed E-state index contributed by atoms with van der Waals surface area (Å²) in [5.41, 5.74) is 5.02. The molecule has 0 aliphatic carbocycles. The monoisotopic (exact) mass is 226 g/mol. The third-order valence-corrected chi connectivity index (χ3v) is 2.60. The molecule has 1 aromatic heterocycles. The second-order valence-corrected chi connectivity index (χ2v) is 3.58. The van der Waals surface area contributed by atoms with Crippen molar-refractivity contribution in [3.63, 3.8) is 0 Å². The molecule has 3 N–H and O–H groups in total. The quantitative estimate of drug-likeness (QED) is 0.752. The van der Waals surface area contributed by atoms with Gasteiger partial charge in [-0.05, 0) is 0 Å². The van der Waals surface area contributed by atoms with Crippen molar-refractivity contribution in [3.8, 4) is 0 Å². The first-order valence-electron chi connectivity index (χ1n) is 3.79. The molecule has 1 unspecified atom stereocenters. The number of nitrogens with one attached hydrogen (secondary N) is 1. The van der Waals surface area contributed by atoms with Crippen molar-refractivity contribution in [1.29, 1.82) is 0 Å². The van der Waals surface area contributed by atoms with Crippen LogP contribution in [0.25, 0.3) is 0 Å². The largest absolute Gasteiger partial charge is 0.393 e. The van der Waals surface area contributed by atoms with Crippen LogP contribution in [0.3, 0.4) is 0 Å². The summed E-state index contributed by atoms with van der Waals surface area (Å²) < 4.78 is 36.6. The first-order chi connectivity index (χ1) is 6.54. The Morgan fingerprint density at radius 3 is 2.71 bits per heavy atom. The number of nitrogens with zero attached hydrogens (tertiary/aromatic N) is 2. The van der Waals surface area contributed by atoms with Crippen LogP contribution < -0.4 is 5.73 Å². The van der Waals surface area contributed by atoms with Gasteiger partial charge in [0, 0.05) is 12.3 Å². The minimum atomic E-state index is -4.25. The van der Waals surface area contributed by atoms with Crippen molar-refractivity contribution >= 4 is 11.8 Å². The van der Waals surface area contributed by atoms with Crippen molar-refractivity contribution < 1.29 is 13.2 Å². The molecule has 0 fully saturated rings. The fourth-order valence-electron chi connectivity index (χ4n) is 0.739. The van der Waals surface area contributed by atoms with Crippen molar-refractivity contribution in [2.75, 3.05) is 12.3 Å². The lowest BCUT2D eigenvalue weighted by molar-refractivity contribution is -0.165. The Morgan fingerprint density at radius 2 is 2.29 bits per heavy atom. The number of alkyl halides is 3. The summed E-state index contributed by atoms with van der Waals surface area (Å²) in [6.07, 6.45) is -3.00. The van der Waals surface area contributed by atoms with E-state index in [0.29, 0.717) is 5.16 Å². The number of aromatic amines is 1. The zero-order valence-corrected chi connectivity index (χ0v) is 7.90. The smallest absolute Gasteiger partial charge is 0.330 e. The predicted octanol–water partition coefficient (Wildman–Crippen LogP) is 1.03. The van der Waals surface area contributed by atoms with E-state index in [1.165, 1.54) is 6.33 Å². The van der Waals surface area contributed by atoms with Crippen LogP contribution in [0.1, 0.15) is 0 Å². The van der Waals surface area contributed by atoms with Crippen molar-refractivity contribution in [2.24, 2.45) is 11.7 Å². The Bertz CT molecular complexity index is 261. The zero-order chi connectivity index (χ0) is 10.6. The standard InChI is InChI=1S/C6H9F3N4S/c7-6(8,9)4(1-10)2-14-5-11-3-12-13-5/h3-4H,1-2,10H2,(H,11,12,13). The van der Waals surface area contributed by atoms with Crippen molar-refractivity contribution in [3.05, 3.63) is 6.33 Å². The predicted molar refractivity (Wildman–Crippen MR) is 45.7 cm³/mol. The normalized spacial score (nSPS) is 14.3. The molecule has 0 radical (unpaired) electrons. The maximum atomic E-state index is 12.2. The summed E-state index contributed by atoms with van der Waals surface area (Å²) in [5.74, 6) is -1.65. The Labute approximate surface area is 82.5 Å². The van der Waals surface area contributed by atoms with Crippen LogP contribution in [0.2, 0.25) is 0 Å². The molecule has 1 heterocycles. The number of hydrogen-bond acceptors (Lipinski definition) is 4. The zero-order valence-electron chi connectivity index (χ0n) is 7.08. The molecular formula is C6H9F3N4S. The van der Waals surface area contributed by atoms with E-state index in [1.54, 1.807) is 0 Å². The number of halogens is 3. The number of aromatic nitrogens is 3. The summed E-state index contributed by atoms with van der Waals surface area (Å²) in [6, 6.07) is 0. The van der Waals surface area contributed by atoms with Gasteiger partial charge in [-0.2, -0.15) is 18.3 Å². The molecule has 0 saturated carbocycles. The lowest BCUT2D eigenvalue weighted by atomic mass is 10.2. The van der Waals surface area contributed by atoms with Gasteiger partial charge in [-0.1, -0.05) is 11.8 Å². The van der Waals surface area contributed by atoms with Gasteiger partial charge in [-0.25, -0.2) is 4.98 Å². The molecule has 0 aliphatic heterocycles. The average molecular weight is 226 g/mol. The topological polar surface area (TPSA) is 67.6 Å². The van der Waals surface area contributed by atoms with E-state index in [1.807, 2.05) is 0 Å². The Balaban J connectivity index is 2.43. The van der Waals surface area contributed by atoms with E-state index in [4.69, 9.17) is 5.73 Å². The molecule has 0 spiro atoms. The molecule has 0 bridgehead atoms. The molecule has 0 amide bonds. The Hall–Kier alpha value is -0.760. The van der Waals surface area contributed by atoms with Crippen LogP contribution in [0.5, 0.6) is 0 Å². The van der Waals surface area contributed by atoms with Gasteiger partial charge in [0.15, 0.2) is 5.16 Å². The summed E-state index contributed by atoms with van der Waals surface area (Å²) in [5, 5.41) is 6.35. The summed E-state index contributed by atoms with van der Waals surface area (Å²) in [7, 11) is 0. The summed E-state index contributed by atoms with van der Waals surface area (Å²) in [4.78, 5) is 3.69. The SMILES string of the molecule is NCC(CSc1ncn[nH]1)C(F)(F)F. The van der Waals surface area contributed by atoms with Crippen LogP contribution in [-0.4, -0.2) is 33.7 Å². The Morgan fingerprint density at radius 1 is 1.57 bits per heavy atom. The average Bonchev–Trinajstić information content (AvgIpc) is 2.55. The minimum absolute atomic E-state index is 0.144. The van der Waals surface area contributed by atoms with Gasteiger partial charge in [0.25, 0.3) is 0 Å². The molecule has 80 valence electrons. The number of H-pyrrole nitrogens is 1. The molecule has 0 aromatic carbocycles. The lowest BCUT2D eigenvalue weighted by Gasteiger charge is -2.16. The van der Waals surface area contributed by atoms with Crippen LogP contribution in [-0.2, 0) is 0 Å². The highest BCUT2D eigenvalue weighted by atomic mass is 32.2. The third-order valence-electron chi connectivity index (χ3n) is 1.56. The van der Waals surface area contributed by atoms with Crippen LogP contribution >= 0.6 is 11.8 Å². The third kappa shape index (κ3) is 3.18. The first-order valence-corrected chi connectivity index (χ1v) is 4.77. The molecule has 14 heavy (non-hydrogen) atoms. The maximum absolute atomic E-state index is 12.2. The van der Waals surface area contributed by atoms with E-state index in [9.17, 15) is 13.2 Å². The number of nitrogens with two attached hydrogens (primary N) is 1. The molecule has 1 rings (SSSR count). The molecule has 4 nitrogen and oxygen atoms in total. The fourth-order valence-corrected chi connectivity index (χ4v) is 1.66. The van der Waals surface area contributed by atoms with Gasteiger partial charge >= 0.3 is 6.18 Å². The number of hydrogen-bond donors (Lipinski definition) is 2. The van der Waals surface area contributed by atoms with Gasteiger partial charge in [0.05, 0.1) is 5.92 Å². The highest BCUT2D eigenvalue weighted by Gasteiger charge is 2.38. The molecule has 8 heteroatoms. The van der Waals surface area contributed by atoms with E-state index >= 15 is 0 Å². The van der Waals surface area contributed by atoms with Gasteiger partial charge in [0.2, 0.25) is 0 Å². The maximum Gasteiger partial charge on any atom is 0.393 e. The number of rotatable bonds is 4. The summed E-state index contributed by atoms with van der Waals surface area (Å²) in [6.45, 7) is -0.412. The van der Waals surface area contributed by atoms with Crippen LogP contribution in [0.15, 0.2) is 11.5 Å². The van der Waals surface area contributed by atoms with E-state index in [0.717, 1.165) is 11.8 Å². The second-order valence-electron chi connectivity index (χ2n) is 2.58. The number of thioether (sulfide) groups is 1. The minimum Gasteiger partial charge on any atom is -0.330 e. The Kier molecular flexibility index (Phi) is 3.76. The molecular weight excluding hydrogens is 217 g/mol. The molecule has 1 atom stereocenters. The lowest BCUT2D eigenvalue weighted by Crippen LogP contribution is -2.32. The van der Waals surface area contributed by atoms with Gasteiger partial charge in [-0.15, -0.1) is 0 Å². The molecule has 0 aliphatic rings. The highest BCUT2D eigenvalue weighted by molar-refractivity contribution is 7.99. The van der Waals surface area contributed by atoms with E-state index in [2.05, 4.69) is 15.2 Å². The van der Waals surface area contributed by atoms with Gasteiger partial charge in [-0.3, -0.25) is 5.10 Å². The van der Waals surface area contributed by atoms with E-state index < -0.39 is 18.6 Å². The van der Waals surface area contributed by atoms with Crippen molar-refractivity contribution in [2.45, 2.75) is 11.3 Å². The molecule has 1 aromatic rings. The van der Waals surface area contributed by atoms with Crippen LogP contribution in [0, 0.1) is 5.92 Å². The van der Waals surface area contributed by atoms with Gasteiger partial charge < -0.3 is 5.73 Å². The summed E-state index contributed by atoms with van der Waals surface area (Å²) >= 11 is 0.957. The fraction of sp³-hybridized carbons (Fsp3) is 0.667. The second kappa shape index (κ2) is 4.65. The molecule has 0 saturated heterocycles. The van der Waals surface area contributed by atoms with Crippen LogP contribution in [0.4, 0.5) is 13.2 Å². The van der Waals surface area contributed by atoms with E-state index in [-0.39, 0.29) is 5.75 Å². The first kappa shape index (κ1) is 11.3.